The molecule has 0 spiro atoms. The van der Waals surface area contributed by atoms with E-state index in [1.807, 2.05) is 20.8 Å². The van der Waals surface area contributed by atoms with Gasteiger partial charge in [-0.05, 0) is 40.0 Å². The molecule has 0 aromatic heterocycles. The fraction of sp³-hybridized carbons (Fsp3) is 0.467. The zero-order valence-electron chi connectivity index (χ0n) is 13.5. The van der Waals surface area contributed by atoms with Gasteiger partial charge in [0.2, 0.25) is 11.8 Å². The lowest BCUT2D eigenvalue weighted by Crippen LogP contribution is -2.46. The van der Waals surface area contributed by atoms with Crippen LogP contribution in [0.25, 0.3) is 0 Å². The van der Waals surface area contributed by atoms with Crippen molar-refractivity contribution in [1.29, 1.82) is 0 Å². The van der Waals surface area contributed by atoms with Gasteiger partial charge in [-0.25, -0.2) is 13.2 Å². The number of nitrogens with one attached hydrogen (secondary N) is 2. The fourth-order valence-corrected chi connectivity index (χ4v) is 1.82. The maximum Gasteiger partial charge on any atom is 0.238 e. The second-order valence-electron chi connectivity index (χ2n) is 6.24. The first-order chi connectivity index (χ1) is 10.5. The number of amides is 2. The van der Waals surface area contributed by atoms with E-state index in [-0.39, 0.29) is 19.0 Å². The van der Waals surface area contributed by atoms with Crippen molar-refractivity contribution in [3.05, 3.63) is 29.6 Å². The van der Waals surface area contributed by atoms with Crippen molar-refractivity contribution in [2.75, 3.05) is 25.5 Å². The molecule has 8 heteroatoms. The van der Waals surface area contributed by atoms with Crippen LogP contribution in [-0.4, -0.2) is 42.4 Å². The molecule has 0 radical (unpaired) electrons. The monoisotopic (exact) mass is 331 g/mol. The number of carbonyl (C=O) groups excluding carboxylic acids is 2. The Morgan fingerprint density at radius 2 is 1.61 bits per heavy atom. The second-order valence-corrected chi connectivity index (χ2v) is 6.24. The predicted molar refractivity (Wildman–Crippen MR) is 80.3 cm³/mol. The molecular weight excluding hydrogens is 311 g/mol. The Bertz CT molecular complexity index is 600. The van der Waals surface area contributed by atoms with Crippen LogP contribution in [0.4, 0.5) is 18.9 Å². The predicted octanol–water partition coefficient (Wildman–Crippen LogP) is 1.89. The average molecular weight is 331 g/mol. The zero-order valence-corrected chi connectivity index (χ0v) is 13.5. The highest BCUT2D eigenvalue weighted by Gasteiger charge is 2.18. The Labute approximate surface area is 132 Å². The lowest BCUT2D eigenvalue weighted by molar-refractivity contribution is -0.124. The van der Waals surface area contributed by atoms with E-state index in [2.05, 4.69) is 10.6 Å². The van der Waals surface area contributed by atoms with Crippen LogP contribution in [0.1, 0.15) is 20.8 Å². The molecule has 0 aliphatic carbocycles. The summed E-state index contributed by atoms with van der Waals surface area (Å²) in [5.74, 6) is -5.38. The molecule has 0 fully saturated rings. The van der Waals surface area contributed by atoms with E-state index in [0.29, 0.717) is 6.07 Å². The molecule has 1 rings (SSSR count). The standard InChI is InChI=1S/C15H20F3N3O2/c1-15(2,3)20-12(23)8-21(4)7-11(22)19-10-6-5-9(16)13(17)14(10)18/h5-6H,7-8H2,1-4H3,(H,19,22)(H,20,23). The van der Waals surface area contributed by atoms with Gasteiger partial charge < -0.3 is 10.6 Å². The quantitative estimate of drug-likeness (QED) is 0.810. The summed E-state index contributed by atoms with van der Waals surface area (Å²) in [7, 11) is 1.53. The highest BCUT2D eigenvalue weighted by atomic mass is 19.2. The number of rotatable bonds is 5. The molecule has 2 N–H and O–H groups in total. The molecule has 0 saturated heterocycles. The summed E-state index contributed by atoms with van der Waals surface area (Å²) >= 11 is 0. The van der Waals surface area contributed by atoms with Crippen LogP contribution in [-0.2, 0) is 9.59 Å². The van der Waals surface area contributed by atoms with Crippen molar-refractivity contribution in [3.8, 4) is 0 Å². The number of hydrogen-bond donors (Lipinski definition) is 2. The Morgan fingerprint density at radius 3 is 2.17 bits per heavy atom. The van der Waals surface area contributed by atoms with Crippen molar-refractivity contribution in [2.45, 2.75) is 26.3 Å². The van der Waals surface area contributed by atoms with E-state index < -0.39 is 34.6 Å². The van der Waals surface area contributed by atoms with Crippen LogP contribution < -0.4 is 10.6 Å². The first-order valence-corrected chi connectivity index (χ1v) is 6.92. The topological polar surface area (TPSA) is 61.4 Å². The summed E-state index contributed by atoms with van der Waals surface area (Å²) in [4.78, 5) is 24.9. The first-order valence-electron chi connectivity index (χ1n) is 6.92. The Hall–Kier alpha value is -2.09. The molecule has 0 bridgehead atoms. The molecule has 0 unspecified atom stereocenters. The van der Waals surface area contributed by atoms with Gasteiger partial charge in [-0.3, -0.25) is 14.5 Å². The maximum absolute atomic E-state index is 13.4. The number of benzene rings is 1. The number of nitrogens with zero attached hydrogens (tertiary/aromatic N) is 1. The smallest absolute Gasteiger partial charge is 0.238 e. The number of likely N-dealkylation sites (N-methyl/N-ethyl adjacent to an activating group) is 1. The van der Waals surface area contributed by atoms with Crippen LogP contribution in [0.15, 0.2) is 12.1 Å². The summed E-state index contributed by atoms with van der Waals surface area (Å²) in [5, 5.41) is 4.87. The van der Waals surface area contributed by atoms with Crippen LogP contribution in [0.5, 0.6) is 0 Å². The van der Waals surface area contributed by atoms with Gasteiger partial charge in [0.1, 0.15) is 0 Å². The van der Waals surface area contributed by atoms with Crippen LogP contribution in [0.2, 0.25) is 0 Å². The van der Waals surface area contributed by atoms with Crippen molar-refractivity contribution in [3.63, 3.8) is 0 Å². The van der Waals surface area contributed by atoms with Gasteiger partial charge in [-0.2, -0.15) is 0 Å². The van der Waals surface area contributed by atoms with Crippen LogP contribution in [0, 0.1) is 17.5 Å². The van der Waals surface area contributed by atoms with E-state index in [1.165, 1.54) is 11.9 Å². The molecule has 0 saturated carbocycles. The summed E-state index contributed by atoms with van der Waals surface area (Å²) in [5.41, 5.74) is -0.851. The third-order valence-corrected chi connectivity index (χ3v) is 2.65. The lowest BCUT2D eigenvalue weighted by atomic mass is 10.1. The van der Waals surface area contributed by atoms with Crippen LogP contribution in [0.3, 0.4) is 0 Å². The largest absolute Gasteiger partial charge is 0.350 e. The first kappa shape index (κ1) is 19.0. The zero-order chi connectivity index (χ0) is 17.8. The molecule has 0 atom stereocenters. The van der Waals surface area contributed by atoms with Crippen LogP contribution >= 0.6 is 0 Å². The molecule has 128 valence electrons. The van der Waals surface area contributed by atoms with E-state index >= 15 is 0 Å². The Morgan fingerprint density at radius 1 is 1.04 bits per heavy atom. The van der Waals surface area contributed by atoms with E-state index in [0.717, 1.165) is 6.07 Å². The Balaban J connectivity index is 2.57. The molecule has 5 nitrogen and oxygen atoms in total. The van der Waals surface area contributed by atoms with Gasteiger partial charge in [-0.15, -0.1) is 0 Å². The van der Waals surface area contributed by atoms with Crippen molar-refractivity contribution in [1.82, 2.24) is 10.2 Å². The van der Waals surface area contributed by atoms with Gasteiger partial charge in [-0.1, -0.05) is 0 Å². The third-order valence-electron chi connectivity index (χ3n) is 2.65. The van der Waals surface area contributed by atoms with E-state index in [9.17, 15) is 22.8 Å². The van der Waals surface area contributed by atoms with Gasteiger partial charge in [0.25, 0.3) is 0 Å². The second kappa shape index (κ2) is 7.45. The fourth-order valence-electron chi connectivity index (χ4n) is 1.82. The van der Waals surface area contributed by atoms with Crippen molar-refractivity contribution >= 4 is 17.5 Å². The maximum atomic E-state index is 13.4. The van der Waals surface area contributed by atoms with Gasteiger partial charge in [0.15, 0.2) is 17.5 Å². The highest BCUT2D eigenvalue weighted by Crippen LogP contribution is 2.19. The number of halogens is 3. The minimum Gasteiger partial charge on any atom is -0.350 e. The molecule has 0 aliphatic rings. The molecular formula is C15H20F3N3O2. The summed E-state index contributed by atoms with van der Waals surface area (Å²) in [6.45, 7) is 5.22. The van der Waals surface area contributed by atoms with Crippen molar-refractivity contribution < 1.29 is 22.8 Å². The Kier molecular flexibility index (Phi) is 6.14. The number of anilines is 1. The molecule has 2 amide bonds. The third kappa shape index (κ3) is 6.27. The summed E-state index contributed by atoms with van der Waals surface area (Å²) < 4.78 is 39.3. The average Bonchev–Trinajstić information content (AvgIpc) is 2.36. The highest BCUT2D eigenvalue weighted by molar-refractivity contribution is 5.92. The molecule has 1 aromatic carbocycles. The minimum atomic E-state index is -1.65. The van der Waals surface area contributed by atoms with Crippen molar-refractivity contribution in [2.24, 2.45) is 0 Å². The molecule has 1 aromatic rings. The van der Waals surface area contributed by atoms with Gasteiger partial charge in [0.05, 0.1) is 18.8 Å². The number of hydrogen-bond acceptors (Lipinski definition) is 3. The molecule has 0 aliphatic heterocycles. The van der Waals surface area contributed by atoms with Gasteiger partial charge >= 0.3 is 0 Å². The van der Waals surface area contributed by atoms with E-state index in [1.54, 1.807) is 0 Å². The number of carbonyl (C=O) groups is 2. The lowest BCUT2D eigenvalue weighted by Gasteiger charge is -2.23. The molecule has 23 heavy (non-hydrogen) atoms. The summed E-state index contributed by atoms with van der Waals surface area (Å²) in [6.07, 6.45) is 0. The SMILES string of the molecule is CN(CC(=O)Nc1ccc(F)c(F)c1F)CC(=O)NC(C)(C)C. The minimum absolute atomic E-state index is 0.0368. The molecule has 0 heterocycles. The van der Waals surface area contributed by atoms with E-state index in [4.69, 9.17) is 0 Å². The normalized spacial score (nSPS) is 11.5. The van der Waals surface area contributed by atoms with Gasteiger partial charge in [0, 0.05) is 5.54 Å². The summed E-state index contributed by atoms with van der Waals surface area (Å²) in [6, 6.07) is 1.65.